The van der Waals surface area contributed by atoms with E-state index in [1.54, 1.807) is 18.2 Å². The van der Waals surface area contributed by atoms with Gasteiger partial charge < -0.3 is 24.2 Å². The molecule has 2 aromatic carbocycles. The van der Waals surface area contributed by atoms with Crippen molar-refractivity contribution in [3.05, 3.63) is 65.7 Å². The van der Waals surface area contributed by atoms with Crippen LogP contribution < -0.4 is 9.64 Å². The van der Waals surface area contributed by atoms with E-state index >= 15 is 0 Å². The van der Waals surface area contributed by atoms with Gasteiger partial charge in [0, 0.05) is 62.6 Å². The summed E-state index contributed by atoms with van der Waals surface area (Å²) in [6.45, 7) is 10.7. The summed E-state index contributed by atoms with van der Waals surface area (Å²) in [7, 11) is 1.34. The van der Waals surface area contributed by atoms with Crippen molar-refractivity contribution >= 4 is 23.6 Å². The summed E-state index contributed by atoms with van der Waals surface area (Å²) >= 11 is 0. The molecule has 210 valence electrons. The molecule has 39 heavy (non-hydrogen) atoms. The molecular formula is C32H43N3O4. The molecule has 1 amide bonds. The van der Waals surface area contributed by atoms with Crippen molar-refractivity contribution in [1.29, 1.82) is 0 Å². The molecule has 0 spiro atoms. The first-order valence-corrected chi connectivity index (χ1v) is 14.3. The second-order valence-electron chi connectivity index (χ2n) is 10.6. The minimum atomic E-state index is -0.404. The Bertz CT molecular complexity index is 1090. The Labute approximate surface area is 233 Å². The average molecular weight is 534 g/mol. The molecule has 7 heteroatoms. The maximum atomic E-state index is 13.0. The lowest BCUT2D eigenvalue weighted by atomic mass is 9.91. The second-order valence-corrected chi connectivity index (χ2v) is 10.6. The highest BCUT2D eigenvalue weighted by Crippen LogP contribution is 2.25. The van der Waals surface area contributed by atoms with Crippen LogP contribution in [0.5, 0.6) is 5.75 Å². The number of hydrogen-bond acceptors (Lipinski definition) is 6. The maximum absolute atomic E-state index is 13.0. The topological polar surface area (TPSA) is 62.3 Å². The minimum absolute atomic E-state index is 0.0334. The Morgan fingerprint density at radius 1 is 0.974 bits per heavy atom. The first kappa shape index (κ1) is 28.7. The Morgan fingerprint density at radius 3 is 2.36 bits per heavy atom. The van der Waals surface area contributed by atoms with E-state index in [9.17, 15) is 9.59 Å². The Hall–Kier alpha value is -3.32. The highest BCUT2D eigenvalue weighted by atomic mass is 16.5. The van der Waals surface area contributed by atoms with Crippen molar-refractivity contribution in [3.8, 4) is 5.75 Å². The average Bonchev–Trinajstić information content (AvgIpc) is 2.99. The molecule has 0 aliphatic carbocycles. The zero-order chi connectivity index (χ0) is 27.6. The number of hydrogen-bond donors (Lipinski definition) is 0. The third-order valence-electron chi connectivity index (χ3n) is 8.08. The van der Waals surface area contributed by atoms with Gasteiger partial charge in [-0.05, 0) is 80.1 Å². The quantitative estimate of drug-likeness (QED) is 0.240. The molecule has 0 N–H and O–H groups in total. The van der Waals surface area contributed by atoms with E-state index in [0.717, 1.165) is 55.6 Å². The number of amides is 1. The Kier molecular flexibility index (Phi) is 10.4. The molecule has 2 aliphatic heterocycles. The number of esters is 1. The predicted octanol–water partition coefficient (Wildman–Crippen LogP) is 5.11. The number of piperidine rings is 1. The number of methoxy groups -OCH3 is 1. The van der Waals surface area contributed by atoms with Crippen molar-refractivity contribution in [2.24, 2.45) is 5.92 Å². The lowest BCUT2D eigenvalue weighted by Crippen LogP contribution is -2.48. The van der Waals surface area contributed by atoms with E-state index in [4.69, 9.17) is 4.74 Å². The molecule has 0 saturated carbocycles. The SMILES string of the molecule is CCC1CCC(C)N(CCCOc2ccc(N3CCN(C(=O)c4ccc(C=CC(=O)OC)cc4)CC3)cc2)C1. The molecule has 2 aromatic rings. The zero-order valence-electron chi connectivity index (χ0n) is 23.7. The van der Waals surface area contributed by atoms with E-state index in [-0.39, 0.29) is 5.91 Å². The standard InChI is InChI=1S/C32H43N3O4/c1-4-26-7-6-25(2)35(24-26)18-5-23-39-30-15-13-29(14-16-30)33-19-21-34(22-20-33)32(37)28-11-8-27(9-12-28)10-17-31(36)38-3/h8-17,25-26H,4-7,18-24H2,1-3H3. The molecule has 2 unspecified atom stereocenters. The number of likely N-dealkylation sites (tertiary alicyclic amines) is 1. The van der Waals surface area contributed by atoms with Gasteiger partial charge in [0.05, 0.1) is 13.7 Å². The van der Waals surface area contributed by atoms with E-state index < -0.39 is 5.97 Å². The fraction of sp³-hybridized carbons (Fsp3) is 0.500. The van der Waals surface area contributed by atoms with Crippen LogP contribution >= 0.6 is 0 Å². The van der Waals surface area contributed by atoms with Gasteiger partial charge in [-0.3, -0.25) is 4.79 Å². The lowest BCUT2D eigenvalue weighted by molar-refractivity contribution is -0.134. The van der Waals surface area contributed by atoms with Crippen molar-refractivity contribution in [3.63, 3.8) is 0 Å². The van der Waals surface area contributed by atoms with Gasteiger partial charge in [-0.15, -0.1) is 0 Å². The highest BCUT2D eigenvalue weighted by molar-refractivity contribution is 5.94. The predicted molar refractivity (Wildman–Crippen MR) is 156 cm³/mol. The normalized spacial score (nSPS) is 20.3. The largest absolute Gasteiger partial charge is 0.494 e. The number of nitrogens with zero attached hydrogens (tertiary/aromatic N) is 3. The number of piperazine rings is 1. The highest BCUT2D eigenvalue weighted by Gasteiger charge is 2.24. The third kappa shape index (κ3) is 8.09. The summed E-state index contributed by atoms with van der Waals surface area (Å²) in [5.41, 5.74) is 2.65. The molecular weight excluding hydrogens is 490 g/mol. The smallest absolute Gasteiger partial charge is 0.330 e. The van der Waals surface area contributed by atoms with Crippen LogP contribution in [0.4, 0.5) is 5.69 Å². The monoisotopic (exact) mass is 533 g/mol. The fourth-order valence-electron chi connectivity index (χ4n) is 5.44. The molecule has 0 bridgehead atoms. The molecule has 2 atom stereocenters. The molecule has 0 aromatic heterocycles. The summed E-state index contributed by atoms with van der Waals surface area (Å²) in [6.07, 6.45) is 8.05. The molecule has 7 nitrogen and oxygen atoms in total. The van der Waals surface area contributed by atoms with E-state index in [1.165, 1.54) is 39.0 Å². The van der Waals surface area contributed by atoms with Gasteiger partial charge in [-0.25, -0.2) is 4.79 Å². The summed E-state index contributed by atoms with van der Waals surface area (Å²) < 4.78 is 10.7. The Morgan fingerprint density at radius 2 is 1.69 bits per heavy atom. The van der Waals surface area contributed by atoms with Gasteiger partial charge in [-0.2, -0.15) is 0 Å². The van der Waals surface area contributed by atoms with Gasteiger partial charge in [-0.1, -0.05) is 25.5 Å². The molecule has 2 saturated heterocycles. The van der Waals surface area contributed by atoms with Crippen LogP contribution in [0.3, 0.4) is 0 Å². The van der Waals surface area contributed by atoms with Crippen LogP contribution in [0.25, 0.3) is 6.08 Å². The number of rotatable bonds is 10. The van der Waals surface area contributed by atoms with Crippen molar-refractivity contribution in [2.45, 2.75) is 45.6 Å². The number of benzene rings is 2. The number of ether oxygens (including phenoxy) is 2. The van der Waals surface area contributed by atoms with E-state index in [2.05, 4.69) is 52.6 Å². The summed E-state index contributed by atoms with van der Waals surface area (Å²) in [4.78, 5) is 31.1. The van der Waals surface area contributed by atoms with Crippen molar-refractivity contribution in [1.82, 2.24) is 9.80 Å². The summed E-state index contributed by atoms with van der Waals surface area (Å²) in [5.74, 6) is 1.39. The second kappa shape index (κ2) is 14.2. The third-order valence-corrected chi connectivity index (χ3v) is 8.08. The van der Waals surface area contributed by atoms with Crippen LogP contribution in [0, 0.1) is 5.92 Å². The molecule has 0 radical (unpaired) electrons. The van der Waals surface area contributed by atoms with Gasteiger partial charge in [0.25, 0.3) is 5.91 Å². The van der Waals surface area contributed by atoms with Gasteiger partial charge in [0.15, 0.2) is 0 Å². The van der Waals surface area contributed by atoms with E-state index in [1.807, 2.05) is 17.0 Å². The van der Waals surface area contributed by atoms with Gasteiger partial charge in [0.2, 0.25) is 0 Å². The number of anilines is 1. The molecule has 4 rings (SSSR count). The van der Waals surface area contributed by atoms with Crippen LogP contribution in [0.2, 0.25) is 0 Å². The molecule has 2 aliphatic rings. The van der Waals surface area contributed by atoms with E-state index in [0.29, 0.717) is 24.7 Å². The summed E-state index contributed by atoms with van der Waals surface area (Å²) in [6, 6.07) is 16.3. The minimum Gasteiger partial charge on any atom is -0.494 e. The first-order chi connectivity index (χ1) is 19.0. The first-order valence-electron chi connectivity index (χ1n) is 14.3. The molecule has 2 heterocycles. The number of carbonyl (C=O) groups excluding carboxylic acids is 2. The van der Waals surface area contributed by atoms with Gasteiger partial charge in [0.1, 0.15) is 5.75 Å². The van der Waals surface area contributed by atoms with Crippen LogP contribution in [-0.4, -0.2) is 80.7 Å². The van der Waals surface area contributed by atoms with Gasteiger partial charge >= 0.3 is 5.97 Å². The van der Waals surface area contributed by atoms with Crippen molar-refractivity contribution < 1.29 is 19.1 Å². The Balaban J connectivity index is 1.19. The zero-order valence-corrected chi connectivity index (χ0v) is 23.7. The number of carbonyl (C=O) groups is 2. The maximum Gasteiger partial charge on any atom is 0.330 e. The van der Waals surface area contributed by atoms with Crippen LogP contribution in [0.1, 0.15) is 55.5 Å². The van der Waals surface area contributed by atoms with Crippen molar-refractivity contribution in [2.75, 3.05) is 57.9 Å². The molecule has 2 fully saturated rings. The fourth-order valence-corrected chi connectivity index (χ4v) is 5.44. The lowest BCUT2D eigenvalue weighted by Gasteiger charge is -2.37. The van der Waals surface area contributed by atoms with Crippen LogP contribution in [0.15, 0.2) is 54.6 Å². The van der Waals surface area contributed by atoms with Crippen LogP contribution in [-0.2, 0) is 9.53 Å². The summed E-state index contributed by atoms with van der Waals surface area (Å²) in [5, 5.41) is 0.